The topological polar surface area (TPSA) is 64.7 Å². The molecule has 1 aromatic carbocycles. The third-order valence-corrected chi connectivity index (χ3v) is 5.39. The molecule has 3 rings (SSSR count). The van der Waals surface area contributed by atoms with E-state index in [0.717, 1.165) is 44.1 Å². The predicted octanol–water partition coefficient (Wildman–Crippen LogP) is 1.68. The van der Waals surface area contributed by atoms with Crippen LogP contribution in [0.4, 0.5) is 11.4 Å². The predicted molar refractivity (Wildman–Crippen MR) is 99.7 cm³/mol. The molecule has 1 saturated heterocycles. The minimum Gasteiger partial charge on any atom is -0.323 e. The third-order valence-electron chi connectivity index (χ3n) is 5.39. The fourth-order valence-corrected chi connectivity index (χ4v) is 3.79. The van der Waals surface area contributed by atoms with Crippen LogP contribution in [-0.4, -0.2) is 56.0 Å². The molecule has 0 saturated carbocycles. The molecule has 25 heavy (non-hydrogen) atoms. The molecular weight excluding hydrogens is 316 g/mol. The Kier molecular flexibility index (Phi) is 5.71. The van der Waals surface area contributed by atoms with Crippen LogP contribution in [0, 0.1) is 5.92 Å². The molecule has 0 aromatic heterocycles. The molecule has 6 nitrogen and oxygen atoms in total. The largest absolute Gasteiger partial charge is 0.323 e. The molecule has 2 N–H and O–H groups in total. The highest BCUT2D eigenvalue weighted by Gasteiger charge is 2.33. The van der Waals surface area contributed by atoms with Crippen LogP contribution in [0.1, 0.15) is 26.2 Å². The van der Waals surface area contributed by atoms with Gasteiger partial charge in [0.15, 0.2) is 0 Å². The summed E-state index contributed by atoms with van der Waals surface area (Å²) in [6.07, 6.45) is 3.47. The fourth-order valence-electron chi connectivity index (χ4n) is 3.79. The van der Waals surface area contributed by atoms with E-state index < -0.39 is 0 Å². The maximum absolute atomic E-state index is 13.1. The molecule has 0 bridgehead atoms. The van der Waals surface area contributed by atoms with Crippen molar-refractivity contribution in [1.29, 1.82) is 0 Å². The number of piperidine rings is 1. The molecule has 2 aliphatic rings. The van der Waals surface area contributed by atoms with Crippen molar-refractivity contribution in [2.75, 3.05) is 43.4 Å². The van der Waals surface area contributed by atoms with Gasteiger partial charge in [-0.1, -0.05) is 12.1 Å². The monoisotopic (exact) mass is 344 g/mol. The van der Waals surface area contributed by atoms with Gasteiger partial charge in [-0.05, 0) is 70.9 Å². The number of benzene rings is 1. The van der Waals surface area contributed by atoms with Crippen LogP contribution in [0.25, 0.3) is 0 Å². The van der Waals surface area contributed by atoms with Gasteiger partial charge in [0.2, 0.25) is 11.8 Å². The number of para-hydroxylation sites is 2. The molecular formula is C19H28N4O2. The quantitative estimate of drug-likeness (QED) is 0.853. The molecule has 2 amide bonds. The van der Waals surface area contributed by atoms with Crippen LogP contribution < -0.4 is 15.5 Å². The molecule has 136 valence electrons. The average Bonchev–Trinajstić information content (AvgIpc) is 2.65. The highest BCUT2D eigenvalue weighted by atomic mass is 16.2. The highest BCUT2D eigenvalue weighted by Crippen LogP contribution is 2.30. The number of carbonyl (C=O) groups is 2. The normalized spacial score (nSPS) is 20.1. The SMILES string of the molecule is CNCCC1CCN(C(C)C(=O)N2CC(=O)Nc3ccccc32)CC1. The first kappa shape index (κ1) is 17.9. The number of hydrogen-bond donors (Lipinski definition) is 2. The Hall–Kier alpha value is -1.92. The second-order valence-electron chi connectivity index (χ2n) is 7.04. The van der Waals surface area contributed by atoms with Gasteiger partial charge in [0, 0.05) is 0 Å². The summed E-state index contributed by atoms with van der Waals surface area (Å²) in [4.78, 5) is 28.9. The zero-order valence-corrected chi connectivity index (χ0v) is 15.1. The van der Waals surface area contributed by atoms with Crippen molar-refractivity contribution in [1.82, 2.24) is 10.2 Å². The van der Waals surface area contributed by atoms with Crippen LogP contribution >= 0.6 is 0 Å². The molecule has 0 aliphatic carbocycles. The van der Waals surface area contributed by atoms with E-state index in [1.165, 1.54) is 6.42 Å². The van der Waals surface area contributed by atoms with E-state index in [-0.39, 0.29) is 24.4 Å². The van der Waals surface area contributed by atoms with Gasteiger partial charge in [-0.3, -0.25) is 19.4 Å². The van der Waals surface area contributed by atoms with Crippen LogP contribution in [0.3, 0.4) is 0 Å². The van der Waals surface area contributed by atoms with Gasteiger partial charge in [-0.2, -0.15) is 0 Å². The van der Waals surface area contributed by atoms with Crippen molar-refractivity contribution in [2.45, 2.75) is 32.2 Å². The summed E-state index contributed by atoms with van der Waals surface area (Å²) >= 11 is 0. The van der Waals surface area contributed by atoms with Crippen molar-refractivity contribution < 1.29 is 9.59 Å². The van der Waals surface area contributed by atoms with Crippen molar-refractivity contribution in [2.24, 2.45) is 5.92 Å². The smallest absolute Gasteiger partial charge is 0.244 e. The van der Waals surface area contributed by atoms with Gasteiger partial charge < -0.3 is 10.6 Å². The van der Waals surface area contributed by atoms with E-state index >= 15 is 0 Å². The number of fused-ring (bicyclic) bond motifs is 1. The third kappa shape index (κ3) is 4.02. The van der Waals surface area contributed by atoms with Crippen molar-refractivity contribution in [3.05, 3.63) is 24.3 Å². The minimum absolute atomic E-state index is 0.0102. The number of likely N-dealkylation sites (tertiary alicyclic amines) is 1. The summed E-state index contributed by atoms with van der Waals surface area (Å²) in [6, 6.07) is 7.29. The Labute approximate surface area is 149 Å². The average molecular weight is 344 g/mol. The van der Waals surface area contributed by atoms with Gasteiger partial charge >= 0.3 is 0 Å². The van der Waals surface area contributed by atoms with Gasteiger partial charge in [-0.15, -0.1) is 0 Å². The minimum atomic E-state index is -0.204. The Morgan fingerprint density at radius 2 is 2.04 bits per heavy atom. The standard InChI is InChI=1S/C19H28N4O2/c1-14(22-11-8-15(9-12-22)7-10-20-2)19(25)23-13-18(24)21-16-5-3-4-6-17(16)23/h3-6,14-15,20H,7-13H2,1-2H3,(H,21,24). The van der Waals surface area contributed by atoms with E-state index in [2.05, 4.69) is 15.5 Å². The molecule has 1 unspecified atom stereocenters. The summed E-state index contributed by atoms with van der Waals surface area (Å²) in [6.45, 7) is 5.01. The lowest BCUT2D eigenvalue weighted by molar-refractivity contribution is -0.125. The van der Waals surface area contributed by atoms with Crippen molar-refractivity contribution in [3.63, 3.8) is 0 Å². The van der Waals surface area contributed by atoms with E-state index in [1.54, 1.807) is 4.90 Å². The number of nitrogens with zero attached hydrogens (tertiary/aromatic N) is 2. The molecule has 0 radical (unpaired) electrons. The van der Waals surface area contributed by atoms with Crippen LogP contribution in [0.2, 0.25) is 0 Å². The maximum atomic E-state index is 13.1. The number of nitrogens with one attached hydrogen (secondary N) is 2. The lowest BCUT2D eigenvalue weighted by Crippen LogP contribution is -2.52. The van der Waals surface area contributed by atoms with Crippen LogP contribution in [0.15, 0.2) is 24.3 Å². The van der Waals surface area contributed by atoms with E-state index in [0.29, 0.717) is 5.69 Å². The number of rotatable bonds is 5. The first-order valence-electron chi connectivity index (χ1n) is 9.19. The van der Waals surface area contributed by atoms with Gasteiger partial charge in [0.25, 0.3) is 0 Å². The van der Waals surface area contributed by atoms with Gasteiger partial charge in [-0.25, -0.2) is 0 Å². The number of carbonyl (C=O) groups excluding carboxylic acids is 2. The Bertz CT molecular complexity index is 626. The second-order valence-corrected chi connectivity index (χ2v) is 7.04. The molecule has 0 spiro atoms. The molecule has 2 heterocycles. The van der Waals surface area contributed by atoms with E-state index in [4.69, 9.17) is 0 Å². The van der Waals surface area contributed by atoms with Crippen LogP contribution in [-0.2, 0) is 9.59 Å². The fraction of sp³-hybridized carbons (Fsp3) is 0.579. The van der Waals surface area contributed by atoms with Crippen molar-refractivity contribution >= 4 is 23.2 Å². The number of anilines is 2. The molecule has 1 atom stereocenters. The van der Waals surface area contributed by atoms with Crippen molar-refractivity contribution in [3.8, 4) is 0 Å². The zero-order valence-electron chi connectivity index (χ0n) is 15.1. The second kappa shape index (κ2) is 7.97. The Morgan fingerprint density at radius 1 is 1.32 bits per heavy atom. The maximum Gasteiger partial charge on any atom is 0.244 e. The zero-order chi connectivity index (χ0) is 17.8. The summed E-state index contributed by atoms with van der Waals surface area (Å²) in [5.41, 5.74) is 1.51. The summed E-state index contributed by atoms with van der Waals surface area (Å²) in [5, 5.41) is 6.05. The number of amides is 2. The summed E-state index contributed by atoms with van der Waals surface area (Å²) in [5.74, 6) is 0.619. The highest BCUT2D eigenvalue weighted by molar-refractivity contribution is 6.11. The molecule has 1 fully saturated rings. The van der Waals surface area contributed by atoms with Gasteiger partial charge in [0.1, 0.15) is 6.54 Å². The van der Waals surface area contributed by atoms with Gasteiger partial charge in [0.05, 0.1) is 17.4 Å². The summed E-state index contributed by atoms with van der Waals surface area (Å²) in [7, 11) is 1.99. The van der Waals surface area contributed by atoms with E-state index in [1.807, 2.05) is 38.2 Å². The lowest BCUT2D eigenvalue weighted by atomic mass is 9.92. The lowest BCUT2D eigenvalue weighted by Gasteiger charge is -2.38. The molecule has 1 aromatic rings. The Balaban J connectivity index is 1.64. The van der Waals surface area contributed by atoms with Crippen LogP contribution in [0.5, 0.6) is 0 Å². The first-order valence-corrected chi connectivity index (χ1v) is 9.19. The number of hydrogen-bond acceptors (Lipinski definition) is 4. The Morgan fingerprint density at radius 3 is 2.76 bits per heavy atom. The summed E-state index contributed by atoms with van der Waals surface area (Å²) < 4.78 is 0. The molecule has 2 aliphatic heterocycles. The first-order chi connectivity index (χ1) is 12.1. The molecule has 6 heteroatoms. The van der Waals surface area contributed by atoms with E-state index in [9.17, 15) is 9.59 Å².